The third kappa shape index (κ3) is 9.49. The Morgan fingerprint density at radius 2 is 2.09 bits per heavy atom. The fraction of sp³-hybridized carbons (Fsp3) is 0.900. The van der Waals surface area contributed by atoms with Gasteiger partial charge in [0, 0.05) is 25.8 Å². The molecule has 0 saturated heterocycles. The Kier molecular flexibility index (Phi) is 10.8. The highest BCUT2D eigenvalue weighted by molar-refractivity contribution is 5.12. The monoisotopic (exact) mass is 324 g/mol. The molecule has 3 N–H and O–H groups in total. The molecule has 0 aromatic heterocycles. The average molecular weight is 325 g/mol. The highest BCUT2D eigenvalue weighted by atomic mass is 16.5. The molecular weight excluding hydrogens is 284 g/mol. The van der Waals surface area contributed by atoms with Crippen molar-refractivity contribution in [1.82, 2.24) is 5.32 Å². The second-order valence-electron chi connectivity index (χ2n) is 7.47. The molecular formula is C20H40N2O. The standard InChI is InChI=1S/C20H40N2O/c1-5-16(3)15-23-11-7-8-18(6-2)9-10-22-20-13-19(20)12-17(4)14-21/h12,16,18-20,22H,5-11,13-15,21H2,1-4H3/b17-12-/t16?,18-,19-,20?/m0/s1. The van der Waals surface area contributed by atoms with Crippen LogP contribution >= 0.6 is 0 Å². The highest BCUT2D eigenvalue weighted by Gasteiger charge is 2.34. The van der Waals surface area contributed by atoms with Crippen LogP contribution in [0, 0.1) is 17.8 Å². The summed E-state index contributed by atoms with van der Waals surface area (Å²) in [5, 5.41) is 3.71. The zero-order valence-electron chi connectivity index (χ0n) is 15.9. The minimum Gasteiger partial charge on any atom is -0.381 e. The lowest BCUT2D eigenvalue weighted by Crippen LogP contribution is -2.21. The van der Waals surface area contributed by atoms with Crippen molar-refractivity contribution in [3.8, 4) is 0 Å². The molecule has 0 aromatic rings. The first-order valence-corrected chi connectivity index (χ1v) is 9.79. The molecule has 1 aliphatic rings. The smallest absolute Gasteiger partial charge is 0.0491 e. The van der Waals surface area contributed by atoms with Gasteiger partial charge in [0.05, 0.1) is 0 Å². The molecule has 1 aliphatic carbocycles. The van der Waals surface area contributed by atoms with Gasteiger partial charge in [0.15, 0.2) is 0 Å². The van der Waals surface area contributed by atoms with Gasteiger partial charge in [-0.15, -0.1) is 0 Å². The molecule has 0 heterocycles. The van der Waals surface area contributed by atoms with Crippen LogP contribution in [-0.2, 0) is 4.74 Å². The zero-order chi connectivity index (χ0) is 17.1. The molecule has 3 nitrogen and oxygen atoms in total. The maximum Gasteiger partial charge on any atom is 0.0491 e. The Bertz CT molecular complexity index is 330. The van der Waals surface area contributed by atoms with Gasteiger partial charge in [-0.05, 0) is 56.9 Å². The summed E-state index contributed by atoms with van der Waals surface area (Å²) in [6.45, 7) is 12.6. The van der Waals surface area contributed by atoms with Crippen LogP contribution in [0.3, 0.4) is 0 Å². The molecule has 3 heteroatoms. The summed E-state index contributed by atoms with van der Waals surface area (Å²) in [6, 6.07) is 0.702. The fourth-order valence-electron chi connectivity index (χ4n) is 2.97. The first kappa shape index (κ1) is 20.7. The summed E-state index contributed by atoms with van der Waals surface area (Å²) >= 11 is 0. The highest BCUT2D eigenvalue weighted by Crippen LogP contribution is 2.32. The van der Waals surface area contributed by atoms with Gasteiger partial charge in [-0.3, -0.25) is 0 Å². The van der Waals surface area contributed by atoms with E-state index < -0.39 is 0 Å². The largest absolute Gasteiger partial charge is 0.381 e. The summed E-state index contributed by atoms with van der Waals surface area (Å²) in [7, 11) is 0. The predicted molar refractivity (Wildman–Crippen MR) is 101 cm³/mol. The minimum atomic E-state index is 0.695. The lowest BCUT2D eigenvalue weighted by molar-refractivity contribution is 0.0972. The first-order valence-electron chi connectivity index (χ1n) is 9.79. The van der Waals surface area contributed by atoms with Crippen LogP contribution in [0.1, 0.15) is 66.2 Å². The van der Waals surface area contributed by atoms with Crippen LogP contribution < -0.4 is 11.1 Å². The Labute approximate surface area is 144 Å². The van der Waals surface area contributed by atoms with E-state index in [-0.39, 0.29) is 0 Å². The molecule has 0 radical (unpaired) electrons. The average Bonchev–Trinajstić information content (AvgIpc) is 3.29. The molecule has 4 atom stereocenters. The van der Waals surface area contributed by atoms with Gasteiger partial charge in [-0.2, -0.15) is 0 Å². The van der Waals surface area contributed by atoms with Crippen LogP contribution in [0.2, 0.25) is 0 Å². The van der Waals surface area contributed by atoms with Gasteiger partial charge in [0.25, 0.3) is 0 Å². The molecule has 136 valence electrons. The van der Waals surface area contributed by atoms with Crippen molar-refractivity contribution >= 4 is 0 Å². The number of hydrogen-bond donors (Lipinski definition) is 2. The summed E-state index contributed by atoms with van der Waals surface area (Å²) in [5.74, 6) is 2.27. The van der Waals surface area contributed by atoms with E-state index in [1.807, 2.05) is 0 Å². The second-order valence-corrected chi connectivity index (χ2v) is 7.47. The summed E-state index contributed by atoms with van der Waals surface area (Å²) in [4.78, 5) is 0. The first-order chi connectivity index (χ1) is 11.1. The zero-order valence-corrected chi connectivity index (χ0v) is 15.9. The maximum absolute atomic E-state index is 5.76. The number of nitrogens with two attached hydrogens (primary N) is 1. The lowest BCUT2D eigenvalue weighted by Gasteiger charge is -2.16. The number of nitrogens with one attached hydrogen (secondary N) is 1. The van der Waals surface area contributed by atoms with Crippen molar-refractivity contribution in [2.45, 2.75) is 72.3 Å². The topological polar surface area (TPSA) is 47.3 Å². The summed E-state index contributed by atoms with van der Waals surface area (Å²) in [5.41, 5.74) is 6.97. The van der Waals surface area contributed by atoms with Gasteiger partial charge in [-0.25, -0.2) is 0 Å². The Balaban J connectivity index is 2.02. The summed E-state index contributed by atoms with van der Waals surface area (Å²) < 4.78 is 5.76. The summed E-state index contributed by atoms with van der Waals surface area (Å²) in [6.07, 6.45) is 9.95. The number of rotatable bonds is 14. The van der Waals surface area contributed by atoms with Crippen LogP contribution in [0.15, 0.2) is 11.6 Å². The van der Waals surface area contributed by atoms with Crippen LogP contribution in [0.5, 0.6) is 0 Å². The van der Waals surface area contributed by atoms with Gasteiger partial charge in [-0.1, -0.05) is 45.3 Å². The molecule has 2 unspecified atom stereocenters. The van der Waals surface area contributed by atoms with E-state index in [1.54, 1.807) is 0 Å². The molecule has 0 spiro atoms. The van der Waals surface area contributed by atoms with E-state index in [2.05, 4.69) is 39.1 Å². The van der Waals surface area contributed by atoms with Crippen LogP contribution in [0.25, 0.3) is 0 Å². The minimum absolute atomic E-state index is 0.695. The van der Waals surface area contributed by atoms with E-state index in [0.29, 0.717) is 18.5 Å². The van der Waals surface area contributed by atoms with Crippen LogP contribution in [0.4, 0.5) is 0 Å². The normalized spacial score (nSPS) is 23.8. The molecule has 1 rings (SSSR count). The molecule has 0 amide bonds. The van der Waals surface area contributed by atoms with Gasteiger partial charge in [0.1, 0.15) is 0 Å². The molecule has 1 fully saturated rings. The third-order valence-corrected chi connectivity index (χ3v) is 5.20. The van der Waals surface area contributed by atoms with E-state index in [9.17, 15) is 0 Å². The van der Waals surface area contributed by atoms with Gasteiger partial charge in [0.2, 0.25) is 0 Å². The number of hydrogen-bond acceptors (Lipinski definition) is 3. The lowest BCUT2D eigenvalue weighted by atomic mass is 9.97. The van der Waals surface area contributed by atoms with E-state index >= 15 is 0 Å². The van der Waals surface area contributed by atoms with Gasteiger partial charge >= 0.3 is 0 Å². The quantitative estimate of drug-likeness (QED) is 0.373. The van der Waals surface area contributed by atoms with Crippen molar-refractivity contribution in [2.75, 3.05) is 26.3 Å². The van der Waals surface area contributed by atoms with Crippen molar-refractivity contribution < 1.29 is 4.74 Å². The molecule has 23 heavy (non-hydrogen) atoms. The second kappa shape index (κ2) is 12.0. The van der Waals surface area contributed by atoms with Crippen molar-refractivity contribution in [3.63, 3.8) is 0 Å². The third-order valence-electron chi connectivity index (χ3n) is 5.20. The van der Waals surface area contributed by atoms with E-state index in [1.165, 1.54) is 44.1 Å². The molecule has 0 bridgehead atoms. The Hall–Kier alpha value is -0.380. The van der Waals surface area contributed by atoms with Crippen molar-refractivity contribution in [2.24, 2.45) is 23.5 Å². The Morgan fingerprint density at radius 3 is 2.74 bits per heavy atom. The molecule has 0 aliphatic heterocycles. The molecule has 1 saturated carbocycles. The van der Waals surface area contributed by atoms with Crippen LogP contribution in [-0.4, -0.2) is 32.3 Å². The SMILES string of the molecule is CCC(C)COCCC[C@H](CC)CCNC1C[C@@H]1/C=C(/C)CN. The predicted octanol–water partition coefficient (Wildman–Crippen LogP) is 4.13. The van der Waals surface area contributed by atoms with E-state index in [0.717, 1.165) is 31.6 Å². The molecule has 0 aromatic carbocycles. The van der Waals surface area contributed by atoms with E-state index in [4.69, 9.17) is 10.5 Å². The van der Waals surface area contributed by atoms with Crippen molar-refractivity contribution in [1.29, 1.82) is 0 Å². The maximum atomic E-state index is 5.76. The van der Waals surface area contributed by atoms with Crippen molar-refractivity contribution in [3.05, 3.63) is 11.6 Å². The fourth-order valence-corrected chi connectivity index (χ4v) is 2.97. The van der Waals surface area contributed by atoms with Gasteiger partial charge < -0.3 is 15.8 Å². The Morgan fingerprint density at radius 1 is 1.30 bits per heavy atom. The number of ether oxygens (including phenoxy) is 1.